The van der Waals surface area contributed by atoms with Crippen molar-refractivity contribution in [2.75, 3.05) is 0 Å². The summed E-state index contributed by atoms with van der Waals surface area (Å²) in [5, 5.41) is 8.11. The first-order valence-corrected chi connectivity index (χ1v) is 7.82. The Hall–Kier alpha value is -2.83. The molecular weight excluding hydrogens is 365 g/mol. The largest absolute Gasteiger partial charge is 0.387 e. The predicted molar refractivity (Wildman–Crippen MR) is 94.5 cm³/mol. The topological polar surface area (TPSA) is 90.7 Å². The van der Waals surface area contributed by atoms with Crippen LogP contribution >= 0.6 is 23.2 Å². The van der Waals surface area contributed by atoms with Gasteiger partial charge in [0.1, 0.15) is 0 Å². The lowest BCUT2D eigenvalue weighted by atomic mass is 10.1. The van der Waals surface area contributed by atoms with Gasteiger partial charge in [-0.25, -0.2) is 4.79 Å². The van der Waals surface area contributed by atoms with Crippen LogP contribution < -0.4 is 5.73 Å². The van der Waals surface area contributed by atoms with E-state index in [2.05, 4.69) is 10.3 Å². The number of hydrogen-bond acceptors (Lipinski definition) is 5. The zero-order valence-electron chi connectivity index (χ0n) is 12.6. The molecule has 0 saturated carbocycles. The van der Waals surface area contributed by atoms with Crippen molar-refractivity contribution in [3.05, 3.63) is 75.9 Å². The minimum absolute atomic E-state index is 0.0642. The minimum Gasteiger partial charge on any atom is -0.380 e. The molecule has 3 rings (SSSR count). The second kappa shape index (κ2) is 7.38. The summed E-state index contributed by atoms with van der Waals surface area (Å²) < 4.78 is 5.13. The molecule has 0 atom stereocenters. The van der Waals surface area contributed by atoms with Crippen LogP contribution in [0.15, 0.2) is 64.3 Å². The summed E-state index contributed by atoms with van der Waals surface area (Å²) >= 11 is 11.9. The summed E-state index contributed by atoms with van der Waals surface area (Å²) in [4.78, 5) is 16.8. The number of halogens is 2. The van der Waals surface area contributed by atoms with Crippen LogP contribution in [0.3, 0.4) is 0 Å². The molecular formula is C17H11Cl2N3O3. The van der Waals surface area contributed by atoms with Crippen molar-refractivity contribution in [1.29, 1.82) is 0 Å². The Morgan fingerprint density at radius 3 is 2.60 bits per heavy atom. The highest BCUT2D eigenvalue weighted by Crippen LogP contribution is 2.30. The van der Waals surface area contributed by atoms with Crippen LogP contribution in [-0.2, 0) is 4.84 Å². The summed E-state index contributed by atoms with van der Waals surface area (Å²) in [7, 11) is 0. The molecule has 0 aliphatic carbocycles. The van der Waals surface area contributed by atoms with Crippen LogP contribution in [0.5, 0.6) is 0 Å². The summed E-state index contributed by atoms with van der Waals surface area (Å²) in [6.07, 6.45) is 0. The molecule has 0 unspecified atom stereocenters. The summed E-state index contributed by atoms with van der Waals surface area (Å²) in [6, 6.07) is 15.2. The van der Waals surface area contributed by atoms with E-state index < -0.39 is 5.97 Å². The van der Waals surface area contributed by atoms with Gasteiger partial charge in [-0.15, -0.1) is 0 Å². The van der Waals surface area contributed by atoms with E-state index in [9.17, 15) is 4.79 Å². The van der Waals surface area contributed by atoms with Crippen molar-refractivity contribution in [3.63, 3.8) is 0 Å². The maximum atomic E-state index is 12.0. The van der Waals surface area contributed by atoms with Gasteiger partial charge in [0.15, 0.2) is 17.3 Å². The maximum absolute atomic E-state index is 12.0. The number of benzene rings is 2. The van der Waals surface area contributed by atoms with Gasteiger partial charge < -0.3 is 15.1 Å². The SMILES string of the molecule is N/C(=N\OC(=O)c1cc(-c2ccc(Cl)cc2Cl)on1)c1ccccc1. The van der Waals surface area contributed by atoms with Crippen LogP contribution in [0.25, 0.3) is 11.3 Å². The van der Waals surface area contributed by atoms with Crippen molar-refractivity contribution in [1.82, 2.24) is 5.16 Å². The number of carbonyl (C=O) groups excluding carboxylic acids is 1. The molecule has 8 heteroatoms. The van der Waals surface area contributed by atoms with Crippen molar-refractivity contribution in [2.24, 2.45) is 10.9 Å². The molecule has 2 aromatic carbocycles. The summed E-state index contributed by atoms with van der Waals surface area (Å²) in [5.74, 6) is -0.439. The molecule has 0 spiro atoms. The van der Waals surface area contributed by atoms with Crippen LogP contribution in [0.2, 0.25) is 10.0 Å². The molecule has 0 saturated heterocycles. The first-order valence-electron chi connectivity index (χ1n) is 7.07. The monoisotopic (exact) mass is 375 g/mol. The molecule has 25 heavy (non-hydrogen) atoms. The number of nitrogens with two attached hydrogens (primary N) is 1. The second-order valence-corrected chi connectivity index (χ2v) is 5.77. The van der Waals surface area contributed by atoms with Crippen molar-refractivity contribution in [2.45, 2.75) is 0 Å². The Balaban J connectivity index is 1.75. The van der Waals surface area contributed by atoms with E-state index in [0.717, 1.165) is 0 Å². The quantitative estimate of drug-likeness (QED) is 0.320. The van der Waals surface area contributed by atoms with Gasteiger partial charge in [-0.2, -0.15) is 0 Å². The van der Waals surface area contributed by atoms with Crippen LogP contribution in [-0.4, -0.2) is 17.0 Å². The van der Waals surface area contributed by atoms with Crippen LogP contribution in [0, 0.1) is 0 Å². The number of aromatic nitrogens is 1. The molecule has 2 N–H and O–H groups in total. The molecule has 1 aromatic heterocycles. The number of amidine groups is 1. The molecule has 0 bridgehead atoms. The van der Waals surface area contributed by atoms with E-state index in [1.807, 2.05) is 6.07 Å². The molecule has 1 heterocycles. The van der Waals surface area contributed by atoms with E-state index in [-0.39, 0.29) is 11.5 Å². The third-order valence-corrected chi connectivity index (χ3v) is 3.76. The Kier molecular flexibility index (Phi) is 5.02. The Labute approximate surface area is 152 Å². The average Bonchev–Trinajstić information content (AvgIpc) is 3.10. The number of hydrogen-bond donors (Lipinski definition) is 1. The highest BCUT2D eigenvalue weighted by Gasteiger charge is 2.17. The first kappa shape index (κ1) is 17.0. The van der Waals surface area contributed by atoms with E-state index in [0.29, 0.717) is 26.9 Å². The van der Waals surface area contributed by atoms with Gasteiger partial charge in [-0.05, 0) is 18.2 Å². The summed E-state index contributed by atoms with van der Waals surface area (Å²) in [6.45, 7) is 0. The standard InChI is InChI=1S/C17H11Cl2N3O3/c18-11-6-7-12(13(19)8-11)15-9-14(21-24-15)17(23)25-22-16(20)10-4-2-1-3-5-10/h1-9H,(H2,20,22). The van der Waals surface area contributed by atoms with E-state index >= 15 is 0 Å². The van der Waals surface area contributed by atoms with Gasteiger partial charge in [-0.3, -0.25) is 0 Å². The normalized spacial score (nSPS) is 11.4. The summed E-state index contributed by atoms with van der Waals surface area (Å²) in [5.41, 5.74) is 6.86. The molecule has 3 aromatic rings. The zero-order chi connectivity index (χ0) is 17.8. The van der Waals surface area contributed by atoms with Gasteiger partial charge in [0.25, 0.3) is 0 Å². The van der Waals surface area contributed by atoms with E-state index in [1.54, 1.807) is 42.5 Å². The fourth-order valence-corrected chi connectivity index (χ4v) is 2.49. The molecule has 0 fully saturated rings. The number of carbonyl (C=O) groups is 1. The predicted octanol–water partition coefficient (Wildman–Crippen LogP) is 4.13. The Morgan fingerprint density at radius 2 is 1.88 bits per heavy atom. The molecule has 0 amide bonds. The average molecular weight is 376 g/mol. The minimum atomic E-state index is -0.807. The van der Waals surface area contributed by atoms with E-state index in [4.69, 9.17) is 38.3 Å². The molecule has 126 valence electrons. The number of rotatable bonds is 4. The number of nitrogens with zero attached hydrogens (tertiary/aromatic N) is 2. The molecule has 0 aliphatic rings. The third kappa shape index (κ3) is 3.99. The van der Waals surface area contributed by atoms with Gasteiger partial charge in [0, 0.05) is 22.2 Å². The van der Waals surface area contributed by atoms with Crippen LogP contribution in [0.1, 0.15) is 16.1 Å². The zero-order valence-corrected chi connectivity index (χ0v) is 14.2. The highest BCUT2D eigenvalue weighted by atomic mass is 35.5. The van der Waals surface area contributed by atoms with Crippen molar-refractivity contribution < 1.29 is 14.2 Å². The van der Waals surface area contributed by atoms with E-state index in [1.165, 1.54) is 6.07 Å². The lowest BCUT2D eigenvalue weighted by Crippen LogP contribution is -2.15. The van der Waals surface area contributed by atoms with Gasteiger partial charge in [-0.1, -0.05) is 63.8 Å². The molecule has 6 nitrogen and oxygen atoms in total. The lowest BCUT2D eigenvalue weighted by Gasteiger charge is -1.99. The third-order valence-electron chi connectivity index (χ3n) is 3.21. The van der Waals surface area contributed by atoms with Crippen molar-refractivity contribution in [3.8, 4) is 11.3 Å². The maximum Gasteiger partial charge on any atom is 0.387 e. The van der Waals surface area contributed by atoms with Crippen molar-refractivity contribution >= 4 is 35.0 Å². The fraction of sp³-hybridized carbons (Fsp3) is 0. The molecule has 0 aliphatic heterocycles. The second-order valence-electron chi connectivity index (χ2n) is 4.92. The highest BCUT2D eigenvalue weighted by molar-refractivity contribution is 6.36. The van der Waals surface area contributed by atoms with Gasteiger partial charge in [0.2, 0.25) is 0 Å². The van der Waals surface area contributed by atoms with Crippen LogP contribution in [0.4, 0.5) is 0 Å². The van der Waals surface area contributed by atoms with Gasteiger partial charge in [0.05, 0.1) is 5.02 Å². The number of oxime groups is 1. The first-order chi connectivity index (χ1) is 12.0. The Morgan fingerprint density at radius 1 is 1.12 bits per heavy atom. The smallest absolute Gasteiger partial charge is 0.380 e. The molecule has 0 radical (unpaired) electrons. The lowest BCUT2D eigenvalue weighted by molar-refractivity contribution is 0.0504. The fourth-order valence-electron chi connectivity index (χ4n) is 1.99. The van der Waals surface area contributed by atoms with Gasteiger partial charge >= 0.3 is 5.97 Å². The Bertz CT molecular complexity index is 939.